The molecule has 1 aliphatic heterocycles. The summed E-state index contributed by atoms with van der Waals surface area (Å²) in [7, 11) is 0. The maximum absolute atomic E-state index is 12.8. The van der Waals surface area contributed by atoms with E-state index in [1.165, 1.54) is 5.01 Å². The van der Waals surface area contributed by atoms with Crippen molar-refractivity contribution in [3.63, 3.8) is 0 Å². The van der Waals surface area contributed by atoms with Crippen molar-refractivity contribution in [3.05, 3.63) is 67.4 Å². The van der Waals surface area contributed by atoms with E-state index >= 15 is 0 Å². The van der Waals surface area contributed by atoms with Crippen molar-refractivity contribution in [1.82, 2.24) is 15.0 Å². The van der Waals surface area contributed by atoms with Gasteiger partial charge in [0.1, 0.15) is 0 Å². The molecule has 0 aliphatic carbocycles. The molecule has 0 spiro atoms. The Hall–Kier alpha value is -3.94. The molecule has 0 bridgehead atoms. The monoisotopic (exact) mass is 372 g/mol. The van der Waals surface area contributed by atoms with Crippen LogP contribution in [0.3, 0.4) is 0 Å². The fraction of sp³-hybridized carbons (Fsp3) is 0.100. The summed E-state index contributed by atoms with van der Waals surface area (Å²) >= 11 is 0. The summed E-state index contributed by atoms with van der Waals surface area (Å²) in [5.41, 5.74) is 3.07. The molecule has 1 unspecified atom stereocenters. The van der Waals surface area contributed by atoms with Gasteiger partial charge in [0, 0.05) is 36.0 Å². The van der Waals surface area contributed by atoms with Crippen LogP contribution in [0.15, 0.2) is 72.5 Å². The molecule has 3 aromatic rings. The van der Waals surface area contributed by atoms with Gasteiger partial charge in [-0.05, 0) is 31.2 Å². The van der Waals surface area contributed by atoms with Gasteiger partial charge in [-0.15, -0.1) is 0 Å². The highest BCUT2D eigenvalue weighted by atomic mass is 16.2. The van der Waals surface area contributed by atoms with Crippen molar-refractivity contribution in [2.75, 3.05) is 10.3 Å². The zero-order valence-corrected chi connectivity index (χ0v) is 15.0. The van der Waals surface area contributed by atoms with Gasteiger partial charge in [0.2, 0.25) is 5.91 Å². The number of anilines is 2. The van der Waals surface area contributed by atoms with Crippen LogP contribution in [0.2, 0.25) is 0 Å². The molecular weight excluding hydrogens is 356 g/mol. The van der Waals surface area contributed by atoms with E-state index in [9.17, 15) is 9.59 Å². The first-order valence-electron chi connectivity index (χ1n) is 8.60. The van der Waals surface area contributed by atoms with Gasteiger partial charge in [-0.1, -0.05) is 12.1 Å². The fourth-order valence-corrected chi connectivity index (χ4v) is 2.96. The molecule has 1 aliphatic rings. The first-order valence-corrected chi connectivity index (χ1v) is 8.60. The van der Waals surface area contributed by atoms with Crippen molar-refractivity contribution >= 4 is 28.9 Å². The lowest BCUT2D eigenvalue weighted by Crippen LogP contribution is -2.36. The van der Waals surface area contributed by atoms with Crippen molar-refractivity contribution in [2.45, 2.75) is 6.92 Å². The van der Waals surface area contributed by atoms with Gasteiger partial charge in [0.15, 0.2) is 5.92 Å². The molecule has 2 amide bonds. The van der Waals surface area contributed by atoms with E-state index in [-0.39, 0.29) is 0 Å². The SMILES string of the molecule is CC1=NN(c2ccncc2)C(=O)C1C(=O)Nc1cccc(-c2cnccn2)c1. The summed E-state index contributed by atoms with van der Waals surface area (Å²) in [5, 5.41) is 8.28. The maximum Gasteiger partial charge on any atom is 0.265 e. The van der Waals surface area contributed by atoms with Crippen LogP contribution in [0.4, 0.5) is 11.4 Å². The second-order valence-electron chi connectivity index (χ2n) is 6.19. The number of rotatable bonds is 4. The molecule has 0 fully saturated rings. The van der Waals surface area contributed by atoms with Crippen molar-refractivity contribution < 1.29 is 9.59 Å². The Morgan fingerprint density at radius 1 is 1.07 bits per heavy atom. The summed E-state index contributed by atoms with van der Waals surface area (Å²) in [4.78, 5) is 37.8. The molecular formula is C20H16N6O2. The number of nitrogens with zero attached hydrogens (tertiary/aromatic N) is 5. The number of hydrogen-bond acceptors (Lipinski definition) is 6. The Morgan fingerprint density at radius 2 is 1.89 bits per heavy atom. The van der Waals surface area contributed by atoms with E-state index in [4.69, 9.17) is 0 Å². The number of amides is 2. The molecule has 3 heterocycles. The molecule has 0 radical (unpaired) electrons. The highest BCUT2D eigenvalue weighted by Crippen LogP contribution is 2.25. The molecule has 2 aromatic heterocycles. The molecule has 1 atom stereocenters. The van der Waals surface area contributed by atoms with Crippen LogP contribution in [-0.4, -0.2) is 32.5 Å². The third-order valence-electron chi connectivity index (χ3n) is 4.29. The van der Waals surface area contributed by atoms with E-state index in [0.717, 1.165) is 5.56 Å². The predicted molar refractivity (Wildman–Crippen MR) is 104 cm³/mol. The second kappa shape index (κ2) is 7.36. The molecule has 0 saturated carbocycles. The topological polar surface area (TPSA) is 100 Å². The van der Waals surface area contributed by atoms with Crippen LogP contribution in [0.5, 0.6) is 0 Å². The van der Waals surface area contributed by atoms with Crippen molar-refractivity contribution in [3.8, 4) is 11.3 Å². The Bertz CT molecular complexity index is 1050. The third-order valence-corrected chi connectivity index (χ3v) is 4.29. The van der Waals surface area contributed by atoms with E-state index in [1.54, 1.807) is 68.2 Å². The average molecular weight is 372 g/mol. The summed E-state index contributed by atoms with van der Waals surface area (Å²) in [6.45, 7) is 1.67. The standard InChI is InChI=1S/C20H16N6O2/c1-13-18(20(28)26(25-13)16-5-7-21-8-6-16)19(27)24-15-4-2-3-14(11-15)17-12-22-9-10-23-17/h2-12,18H,1H3,(H,24,27). The average Bonchev–Trinajstić information content (AvgIpc) is 3.03. The quantitative estimate of drug-likeness (QED) is 0.709. The zero-order chi connectivity index (χ0) is 19.5. The predicted octanol–water partition coefficient (Wildman–Crippen LogP) is 2.52. The van der Waals surface area contributed by atoms with Crippen LogP contribution in [-0.2, 0) is 9.59 Å². The van der Waals surface area contributed by atoms with Crippen LogP contribution in [0.25, 0.3) is 11.3 Å². The van der Waals surface area contributed by atoms with Crippen LogP contribution < -0.4 is 10.3 Å². The smallest absolute Gasteiger partial charge is 0.265 e. The van der Waals surface area contributed by atoms with Gasteiger partial charge in [-0.3, -0.25) is 24.5 Å². The number of hydrogen-bond donors (Lipinski definition) is 1. The number of nitrogens with one attached hydrogen (secondary N) is 1. The summed E-state index contributed by atoms with van der Waals surface area (Å²) in [5.74, 6) is -1.81. The minimum atomic E-state index is -0.978. The fourth-order valence-electron chi connectivity index (χ4n) is 2.96. The largest absolute Gasteiger partial charge is 0.325 e. The Morgan fingerprint density at radius 3 is 2.64 bits per heavy atom. The molecule has 4 rings (SSSR count). The lowest BCUT2D eigenvalue weighted by Gasteiger charge is -2.14. The Balaban J connectivity index is 1.53. The van der Waals surface area contributed by atoms with Gasteiger partial charge >= 0.3 is 0 Å². The van der Waals surface area contributed by atoms with Crippen LogP contribution in [0.1, 0.15) is 6.92 Å². The number of carbonyl (C=O) groups is 2. The zero-order valence-electron chi connectivity index (χ0n) is 15.0. The second-order valence-corrected chi connectivity index (χ2v) is 6.19. The minimum Gasteiger partial charge on any atom is -0.325 e. The molecule has 1 aromatic carbocycles. The van der Waals surface area contributed by atoms with E-state index in [1.807, 2.05) is 6.07 Å². The van der Waals surface area contributed by atoms with Gasteiger partial charge in [-0.25, -0.2) is 0 Å². The highest BCUT2D eigenvalue weighted by Gasteiger charge is 2.39. The third kappa shape index (κ3) is 3.35. The van der Waals surface area contributed by atoms with Gasteiger partial charge in [0.25, 0.3) is 5.91 Å². The van der Waals surface area contributed by atoms with Crippen molar-refractivity contribution in [1.29, 1.82) is 0 Å². The Labute approximate surface area is 161 Å². The summed E-state index contributed by atoms with van der Waals surface area (Å²) in [6, 6.07) is 10.6. The highest BCUT2D eigenvalue weighted by molar-refractivity contribution is 6.28. The first kappa shape index (κ1) is 17.5. The van der Waals surface area contributed by atoms with Crippen LogP contribution >= 0.6 is 0 Å². The number of benzene rings is 1. The number of pyridine rings is 1. The first-order chi connectivity index (χ1) is 13.6. The Kier molecular flexibility index (Phi) is 4.59. The molecule has 8 heteroatoms. The number of hydrazone groups is 1. The van der Waals surface area contributed by atoms with E-state index in [2.05, 4.69) is 25.4 Å². The van der Waals surface area contributed by atoms with E-state index in [0.29, 0.717) is 22.8 Å². The minimum absolute atomic E-state index is 0.397. The molecule has 28 heavy (non-hydrogen) atoms. The normalized spacial score (nSPS) is 16.0. The van der Waals surface area contributed by atoms with Gasteiger partial charge in [-0.2, -0.15) is 10.1 Å². The van der Waals surface area contributed by atoms with Gasteiger partial charge < -0.3 is 5.32 Å². The lowest BCUT2D eigenvalue weighted by atomic mass is 10.0. The van der Waals surface area contributed by atoms with Gasteiger partial charge in [0.05, 0.1) is 23.3 Å². The molecule has 138 valence electrons. The maximum atomic E-state index is 12.8. The number of carbonyl (C=O) groups excluding carboxylic acids is 2. The summed E-state index contributed by atoms with van der Waals surface area (Å²) < 4.78 is 0. The molecule has 0 saturated heterocycles. The van der Waals surface area contributed by atoms with E-state index < -0.39 is 17.7 Å². The number of aromatic nitrogens is 3. The summed E-state index contributed by atoms with van der Waals surface area (Å²) in [6.07, 6.45) is 7.98. The molecule has 1 N–H and O–H groups in total. The van der Waals surface area contributed by atoms with Crippen molar-refractivity contribution in [2.24, 2.45) is 11.0 Å². The lowest BCUT2D eigenvalue weighted by molar-refractivity contribution is -0.127. The van der Waals surface area contributed by atoms with Crippen LogP contribution in [0, 0.1) is 5.92 Å². The molecule has 8 nitrogen and oxygen atoms in total.